The number of Topliss-reactive ketones (excluding diaryl/α,β-unsaturated/α-hetero) is 1. The first-order valence-electron chi connectivity index (χ1n) is 6.16. The standard InChI is InChI=1S/C13H13BrN2O2/c14-9-3-4-11-10(7-9)12(17)13(18)16(11)8-15-5-1-2-6-15/h3-4,7H,1-2,5-6,8H2/p+1. The number of rotatable bonds is 2. The summed E-state index contributed by atoms with van der Waals surface area (Å²) in [7, 11) is 0. The molecule has 1 amide bonds. The molecule has 0 radical (unpaired) electrons. The van der Waals surface area contributed by atoms with E-state index in [2.05, 4.69) is 15.9 Å². The summed E-state index contributed by atoms with van der Waals surface area (Å²) in [6, 6.07) is 5.45. The number of nitrogens with one attached hydrogen (secondary N) is 1. The number of likely N-dealkylation sites (tertiary alicyclic amines) is 1. The van der Waals surface area contributed by atoms with Gasteiger partial charge in [-0.05, 0) is 18.2 Å². The molecule has 1 saturated heterocycles. The highest BCUT2D eigenvalue weighted by Crippen LogP contribution is 2.30. The Labute approximate surface area is 114 Å². The Morgan fingerprint density at radius 1 is 1.22 bits per heavy atom. The van der Waals surface area contributed by atoms with Crippen LogP contribution in [0.3, 0.4) is 0 Å². The maximum atomic E-state index is 12.0. The summed E-state index contributed by atoms with van der Waals surface area (Å²) in [5.41, 5.74) is 1.28. The molecule has 1 N–H and O–H groups in total. The van der Waals surface area contributed by atoms with Gasteiger partial charge in [0.05, 0.1) is 24.3 Å². The van der Waals surface area contributed by atoms with E-state index >= 15 is 0 Å². The fourth-order valence-corrected chi connectivity index (χ4v) is 3.05. The van der Waals surface area contributed by atoms with E-state index in [9.17, 15) is 9.59 Å². The van der Waals surface area contributed by atoms with Gasteiger partial charge in [0.25, 0.3) is 5.78 Å². The average molecular weight is 310 g/mol. The van der Waals surface area contributed by atoms with Gasteiger partial charge in [0.15, 0.2) is 6.67 Å². The smallest absolute Gasteiger partial charge is 0.303 e. The van der Waals surface area contributed by atoms with Gasteiger partial charge in [0, 0.05) is 17.3 Å². The van der Waals surface area contributed by atoms with Crippen LogP contribution >= 0.6 is 15.9 Å². The summed E-state index contributed by atoms with van der Waals surface area (Å²) in [6.45, 7) is 2.78. The van der Waals surface area contributed by atoms with Crippen molar-refractivity contribution in [3.63, 3.8) is 0 Å². The predicted octanol–water partition coefficient (Wildman–Crippen LogP) is 0.615. The minimum absolute atomic E-state index is 0.384. The van der Waals surface area contributed by atoms with Crippen molar-refractivity contribution in [1.82, 2.24) is 0 Å². The molecule has 3 rings (SSSR count). The Morgan fingerprint density at radius 3 is 2.67 bits per heavy atom. The molecule has 0 spiro atoms. The minimum Gasteiger partial charge on any atom is -0.317 e. The number of carbonyl (C=O) groups excluding carboxylic acids is 2. The van der Waals surface area contributed by atoms with E-state index in [1.807, 2.05) is 12.1 Å². The molecule has 0 aromatic heterocycles. The van der Waals surface area contributed by atoms with E-state index in [1.54, 1.807) is 11.0 Å². The van der Waals surface area contributed by atoms with Crippen LogP contribution < -0.4 is 9.80 Å². The molecule has 5 heteroatoms. The van der Waals surface area contributed by atoms with Gasteiger partial charge < -0.3 is 4.90 Å². The molecule has 2 aliphatic heterocycles. The van der Waals surface area contributed by atoms with Crippen molar-refractivity contribution in [1.29, 1.82) is 0 Å². The lowest BCUT2D eigenvalue weighted by Crippen LogP contribution is -3.11. The van der Waals surface area contributed by atoms with Gasteiger partial charge in [-0.25, -0.2) is 0 Å². The third kappa shape index (κ3) is 1.87. The highest BCUT2D eigenvalue weighted by Gasteiger charge is 2.38. The van der Waals surface area contributed by atoms with E-state index in [1.165, 1.54) is 17.7 Å². The predicted molar refractivity (Wildman–Crippen MR) is 70.8 cm³/mol. The van der Waals surface area contributed by atoms with Crippen LogP contribution in [0.5, 0.6) is 0 Å². The number of benzene rings is 1. The van der Waals surface area contributed by atoms with Gasteiger partial charge >= 0.3 is 5.91 Å². The van der Waals surface area contributed by atoms with Crippen molar-refractivity contribution in [2.24, 2.45) is 0 Å². The summed E-state index contributed by atoms with van der Waals surface area (Å²) in [6.07, 6.45) is 2.41. The fraction of sp³-hybridized carbons (Fsp3) is 0.385. The monoisotopic (exact) mass is 309 g/mol. The number of nitrogens with zero attached hydrogens (tertiary/aromatic N) is 1. The van der Waals surface area contributed by atoms with Crippen LogP contribution in [-0.4, -0.2) is 31.4 Å². The normalized spacial score (nSPS) is 19.7. The Morgan fingerprint density at radius 2 is 1.94 bits per heavy atom. The zero-order valence-electron chi connectivity index (χ0n) is 9.91. The summed E-state index contributed by atoms with van der Waals surface area (Å²) >= 11 is 3.33. The van der Waals surface area contributed by atoms with Crippen LogP contribution in [0.15, 0.2) is 22.7 Å². The molecule has 2 heterocycles. The second-order valence-corrected chi connectivity index (χ2v) is 5.75. The van der Waals surface area contributed by atoms with Gasteiger partial charge in [-0.3, -0.25) is 14.5 Å². The summed E-state index contributed by atoms with van der Waals surface area (Å²) in [5.74, 6) is -0.771. The number of anilines is 1. The average Bonchev–Trinajstić information content (AvgIpc) is 2.94. The molecular weight excluding hydrogens is 296 g/mol. The summed E-state index contributed by atoms with van der Waals surface area (Å²) in [4.78, 5) is 26.9. The van der Waals surface area contributed by atoms with Gasteiger partial charge in [-0.2, -0.15) is 0 Å². The highest BCUT2D eigenvalue weighted by atomic mass is 79.9. The van der Waals surface area contributed by atoms with E-state index in [4.69, 9.17) is 0 Å². The van der Waals surface area contributed by atoms with E-state index < -0.39 is 0 Å². The quantitative estimate of drug-likeness (QED) is 0.814. The fourth-order valence-electron chi connectivity index (χ4n) is 2.69. The SMILES string of the molecule is O=C1C(=O)N(C[NH+]2CCCC2)c2ccc(Br)cc21. The van der Waals surface area contributed by atoms with Gasteiger partial charge in [0.2, 0.25) is 0 Å². The Balaban J connectivity index is 1.91. The molecule has 2 aliphatic rings. The van der Waals surface area contributed by atoms with Crippen LogP contribution in [0.25, 0.3) is 0 Å². The van der Waals surface area contributed by atoms with Crippen LogP contribution in [0.1, 0.15) is 23.2 Å². The number of hydrogen-bond donors (Lipinski definition) is 1. The molecule has 4 nitrogen and oxygen atoms in total. The Hall–Kier alpha value is -1.20. The van der Waals surface area contributed by atoms with Crippen molar-refractivity contribution in [3.05, 3.63) is 28.2 Å². The van der Waals surface area contributed by atoms with Gasteiger partial charge in [0.1, 0.15) is 0 Å². The molecule has 0 aliphatic carbocycles. The van der Waals surface area contributed by atoms with Crippen LogP contribution in [0, 0.1) is 0 Å². The van der Waals surface area contributed by atoms with E-state index in [0.29, 0.717) is 12.2 Å². The van der Waals surface area contributed by atoms with Crippen molar-refractivity contribution >= 4 is 33.3 Å². The molecule has 94 valence electrons. The lowest BCUT2D eigenvalue weighted by atomic mass is 10.1. The largest absolute Gasteiger partial charge is 0.317 e. The number of carbonyl (C=O) groups is 2. The number of hydrogen-bond acceptors (Lipinski definition) is 2. The van der Waals surface area contributed by atoms with Gasteiger partial charge in [-0.1, -0.05) is 15.9 Å². The van der Waals surface area contributed by atoms with Crippen LogP contribution in [-0.2, 0) is 4.79 Å². The molecule has 0 atom stereocenters. The second-order valence-electron chi connectivity index (χ2n) is 4.84. The lowest BCUT2D eigenvalue weighted by Gasteiger charge is -2.20. The minimum atomic E-state index is -0.387. The Kier molecular flexibility index (Phi) is 2.95. The van der Waals surface area contributed by atoms with Crippen molar-refractivity contribution < 1.29 is 14.5 Å². The third-order valence-corrected chi connectivity index (χ3v) is 4.12. The van der Waals surface area contributed by atoms with Crippen molar-refractivity contribution in [2.75, 3.05) is 24.7 Å². The molecule has 1 fully saturated rings. The van der Waals surface area contributed by atoms with E-state index in [-0.39, 0.29) is 11.7 Å². The first-order chi connectivity index (χ1) is 8.66. The highest BCUT2D eigenvalue weighted by molar-refractivity contribution is 9.10. The molecule has 1 aromatic carbocycles. The summed E-state index contributed by atoms with van der Waals surface area (Å²) < 4.78 is 0.831. The number of fused-ring (bicyclic) bond motifs is 1. The summed E-state index contributed by atoms with van der Waals surface area (Å²) in [5, 5.41) is 0. The number of halogens is 1. The molecule has 0 saturated carbocycles. The Bertz CT molecular complexity index is 524. The molecular formula is C13H14BrN2O2+. The third-order valence-electron chi connectivity index (χ3n) is 3.63. The maximum absolute atomic E-state index is 12.0. The molecule has 1 aromatic rings. The van der Waals surface area contributed by atoms with Crippen molar-refractivity contribution in [3.8, 4) is 0 Å². The first-order valence-corrected chi connectivity index (χ1v) is 6.95. The zero-order chi connectivity index (χ0) is 12.7. The molecule has 18 heavy (non-hydrogen) atoms. The lowest BCUT2D eigenvalue weighted by molar-refractivity contribution is -0.886. The second kappa shape index (κ2) is 4.48. The van der Waals surface area contributed by atoms with Gasteiger partial charge in [-0.15, -0.1) is 0 Å². The topological polar surface area (TPSA) is 41.8 Å². The molecule has 0 bridgehead atoms. The van der Waals surface area contributed by atoms with E-state index in [0.717, 1.165) is 23.2 Å². The number of ketones is 1. The first kappa shape index (κ1) is 11.9. The van der Waals surface area contributed by atoms with Crippen LogP contribution in [0.4, 0.5) is 5.69 Å². The zero-order valence-corrected chi connectivity index (χ0v) is 11.5. The number of amides is 1. The maximum Gasteiger partial charge on any atom is 0.303 e. The van der Waals surface area contributed by atoms with Crippen LogP contribution in [0.2, 0.25) is 0 Å². The molecule has 0 unspecified atom stereocenters. The van der Waals surface area contributed by atoms with Crippen molar-refractivity contribution in [2.45, 2.75) is 12.8 Å². The number of quaternary nitrogens is 1.